The van der Waals surface area contributed by atoms with E-state index in [1.54, 1.807) is 0 Å². The van der Waals surface area contributed by atoms with E-state index in [4.69, 9.17) is 0 Å². The number of hydrogen-bond acceptors (Lipinski definition) is 2. The molecule has 2 heteroatoms. The minimum absolute atomic E-state index is 0.264. The summed E-state index contributed by atoms with van der Waals surface area (Å²) in [5, 5.41) is 0. The van der Waals surface area contributed by atoms with Gasteiger partial charge in [-0.15, -0.1) is 0 Å². The number of hydrogen-bond donors (Lipinski definition) is 0. The largest absolute Gasteiger partial charge is 0.494 e. The van der Waals surface area contributed by atoms with Crippen LogP contribution in [0.3, 0.4) is 0 Å². The Hall–Kier alpha value is -0.790. The standard InChI is InChI=1S/C5H7O2/c1-3-5(4-6)7-2/h3-4H,1H2,2H3. The van der Waals surface area contributed by atoms with E-state index in [-0.39, 0.29) is 5.76 Å². The first-order chi connectivity index (χ1) is 3.35. The van der Waals surface area contributed by atoms with Crippen molar-refractivity contribution in [3.63, 3.8) is 0 Å². The van der Waals surface area contributed by atoms with Crippen LogP contribution in [0.25, 0.3) is 0 Å². The van der Waals surface area contributed by atoms with E-state index >= 15 is 0 Å². The molecule has 0 saturated carbocycles. The fourth-order valence-corrected chi connectivity index (χ4v) is 0.180. The van der Waals surface area contributed by atoms with Crippen LogP contribution in [0.4, 0.5) is 0 Å². The van der Waals surface area contributed by atoms with Gasteiger partial charge in [-0.25, -0.2) is 0 Å². The molecule has 0 heterocycles. The Morgan fingerprint density at radius 2 is 2.43 bits per heavy atom. The molecule has 0 spiro atoms. The first kappa shape index (κ1) is 6.21. The molecule has 0 bridgehead atoms. The Bertz CT molecular complexity index is 84.1. The third-order valence-corrected chi connectivity index (χ3v) is 0.553. The number of methoxy groups -OCH3 is 1. The van der Waals surface area contributed by atoms with Crippen molar-refractivity contribution in [2.75, 3.05) is 7.11 Å². The monoisotopic (exact) mass is 99.0 g/mol. The Labute approximate surface area is 42.8 Å². The molecule has 0 fully saturated rings. The first-order valence-corrected chi connectivity index (χ1v) is 1.83. The second kappa shape index (κ2) is 3.40. The Morgan fingerprint density at radius 1 is 1.86 bits per heavy atom. The molecule has 0 aromatic heterocycles. The van der Waals surface area contributed by atoms with Crippen LogP contribution in [0.5, 0.6) is 0 Å². The molecular formula is C5H7O2. The van der Waals surface area contributed by atoms with Gasteiger partial charge in [0.1, 0.15) is 0 Å². The molecule has 0 aliphatic rings. The highest BCUT2D eigenvalue weighted by molar-refractivity contribution is 5.70. The van der Waals surface area contributed by atoms with Crippen LogP contribution >= 0.6 is 0 Å². The van der Waals surface area contributed by atoms with Gasteiger partial charge in [-0.05, 0) is 13.0 Å². The summed E-state index contributed by atoms with van der Waals surface area (Å²) >= 11 is 0. The zero-order valence-electron chi connectivity index (χ0n) is 4.18. The van der Waals surface area contributed by atoms with Gasteiger partial charge in [-0.2, -0.15) is 0 Å². The zero-order valence-corrected chi connectivity index (χ0v) is 4.18. The lowest BCUT2D eigenvalue weighted by Gasteiger charge is -1.90. The quantitative estimate of drug-likeness (QED) is 0.287. The average molecular weight is 99.1 g/mol. The van der Waals surface area contributed by atoms with Gasteiger partial charge in [0.2, 0.25) is 0 Å². The summed E-state index contributed by atoms with van der Waals surface area (Å²) in [6, 6.07) is 0. The number of allylic oxidation sites excluding steroid dienone is 2. The van der Waals surface area contributed by atoms with Crippen molar-refractivity contribution >= 4 is 6.29 Å². The molecule has 0 amide bonds. The summed E-state index contributed by atoms with van der Waals surface area (Å²) in [4.78, 5) is 9.73. The van der Waals surface area contributed by atoms with Crippen molar-refractivity contribution < 1.29 is 9.53 Å². The molecule has 1 radical (unpaired) electrons. The Morgan fingerprint density at radius 3 is 2.43 bits per heavy atom. The third kappa shape index (κ3) is 1.98. The lowest BCUT2D eigenvalue weighted by Crippen LogP contribution is -1.84. The number of ether oxygens (including phenoxy) is 1. The molecule has 0 aromatic rings. The maximum absolute atomic E-state index is 9.73. The van der Waals surface area contributed by atoms with Gasteiger partial charge >= 0.3 is 0 Å². The molecule has 0 atom stereocenters. The predicted molar refractivity (Wildman–Crippen MR) is 26.5 cm³/mol. The first-order valence-electron chi connectivity index (χ1n) is 1.83. The van der Waals surface area contributed by atoms with Crippen LogP contribution in [0, 0.1) is 6.92 Å². The average Bonchev–Trinajstić information content (AvgIpc) is 1.72. The number of carbonyl (C=O) groups excluding carboxylic acids is 1. The van der Waals surface area contributed by atoms with Gasteiger partial charge in [0, 0.05) is 0 Å². The minimum Gasteiger partial charge on any atom is -0.494 e. The highest BCUT2D eigenvalue weighted by Gasteiger charge is 1.82. The second-order valence-electron chi connectivity index (χ2n) is 0.928. The van der Waals surface area contributed by atoms with Crippen LogP contribution in [-0.4, -0.2) is 13.4 Å². The van der Waals surface area contributed by atoms with Crippen molar-refractivity contribution in [1.82, 2.24) is 0 Å². The van der Waals surface area contributed by atoms with Crippen molar-refractivity contribution in [2.45, 2.75) is 0 Å². The maximum atomic E-state index is 9.73. The van der Waals surface area contributed by atoms with Crippen molar-refractivity contribution in [3.8, 4) is 0 Å². The van der Waals surface area contributed by atoms with Gasteiger partial charge in [0.05, 0.1) is 7.11 Å². The fourth-order valence-electron chi connectivity index (χ4n) is 0.180. The van der Waals surface area contributed by atoms with E-state index in [1.807, 2.05) is 0 Å². The van der Waals surface area contributed by atoms with Crippen molar-refractivity contribution in [2.24, 2.45) is 0 Å². The summed E-state index contributed by atoms with van der Waals surface area (Å²) in [5.74, 6) is 0.264. The molecular weight excluding hydrogens is 92.1 g/mol. The Balaban J connectivity index is 3.60. The summed E-state index contributed by atoms with van der Waals surface area (Å²) < 4.78 is 4.48. The Kier molecular flexibility index (Phi) is 3.02. The molecule has 0 aliphatic carbocycles. The zero-order chi connectivity index (χ0) is 5.70. The van der Waals surface area contributed by atoms with E-state index in [9.17, 15) is 4.79 Å². The van der Waals surface area contributed by atoms with Crippen LogP contribution in [-0.2, 0) is 9.53 Å². The van der Waals surface area contributed by atoms with E-state index in [1.165, 1.54) is 13.2 Å². The maximum Gasteiger partial charge on any atom is 0.184 e. The number of rotatable bonds is 2. The van der Waals surface area contributed by atoms with Crippen molar-refractivity contribution in [1.29, 1.82) is 0 Å². The summed E-state index contributed by atoms with van der Waals surface area (Å²) in [6.45, 7) is 3.31. The SMILES string of the molecule is [CH2]C=C(C=O)OC. The molecule has 0 aliphatic heterocycles. The van der Waals surface area contributed by atoms with Gasteiger partial charge in [-0.1, -0.05) is 0 Å². The van der Waals surface area contributed by atoms with Gasteiger partial charge in [0.15, 0.2) is 12.0 Å². The third-order valence-electron chi connectivity index (χ3n) is 0.553. The predicted octanol–water partition coefficient (Wildman–Crippen LogP) is 0.550. The van der Waals surface area contributed by atoms with Crippen molar-refractivity contribution in [3.05, 3.63) is 18.8 Å². The highest BCUT2D eigenvalue weighted by atomic mass is 16.5. The molecule has 39 valence electrons. The second-order valence-corrected chi connectivity index (χ2v) is 0.928. The van der Waals surface area contributed by atoms with Gasteiger partial charge in [0.25, 0.3) is 0 Å². The van der Waals surface area contributed by atoms with Gasteiger partial charge in [-0.3, -0.25) is 4.79 Å². The number of aldehydes is 1. The highest BCUT2D eigenvalue weighted by Crippen LogP contribution is 1.84. The molecule has 0 unspecified atom stereocenters. The van der Waals surface area contributed by atoms with Crippen LogP contribution in [0.15, 0.2) is 11.8 Å². The van der Waals surface area contributed by atoms with Gasteiger partial charge < -0.3 is 4.74 Å². The molecule has 0 aromatic carbocycles. The topological polar surface area (TPSA) is 26.3 Å². The lowest BCUT2D eigenvalue weighted by atomic mass is 10.5. The van der Waals surface area contributed by atoms with Crippen LogP contribution in [0.2, 0.25) is 0 Å². The minimum atomic E-state index is 0.264. The fraction of sp³-hybridized carbons (Fsp3) is 0.200. The smallest absolute Gasteiger partial charge is 0.184 e. The molecule has 7 heavy (non-hydrogen) atoms. The molecule has 0 rings (SSSR count). The van der Waals surface area contributed by atoms with E-state index in [2.05, 4.69) is 11.7 Å². The lowest BCUT2D eigenvalue weighted by molar-refractivity contribution is -0.107. The number of carbonyl (C=O) groups is 1. The summed E-state index contributed by atoms with van der Waals surface area (Å²) in [6.07, 6.45) is 1.96. The molecule has 0 saturated heterocycles. The van der Waals surface area contributed by atoms with Crippen LogP contribution < -0.4 is 0 Å². The summed E-state index contributed by atoms with van der Waals surface area (Å²) in [7, 11) is 1.42. The van der Waals surface area contributed by atoms with E-state index < -0.39 is 0 Å². The van der Waals surface area contributed by atoms with Crippen LogP contribution in [0.1, 0.15) is 0 Å². The normalized spacial score (nSPS) is 10.9. The summed E-state index contributed by atoms with van der Waals surface area (Å²) in [5.41, 5.74) is 0. The molecule has 2 nitrogen and oxygen atoms in total. The van der Waals surface area contributed by atoms with E-state index in [0.717, 1.165) is 0 Å². The molecule has 0 N–H and O–H groups in total. The van der Waals surface area contributed by atoms with E-state index in [0.29, 0.717) is 6.29 Å².